The molecule has 2 rings (SSSR count). The average molecular weight is 237 g/mol. The lowest BCUT2D eigenvalue weighted by atomic mass is 9.68. The largest absolute Gasteiger partial charge is 0.247 e. The second kappa shape index (κ2) is 2.09. The summed E-state index contributed by atoms with van der Waals surface area (Å²) < 4.78 is 2.44. The van der Waals surface area contributed by atoms with Crippen LogP contribution < -0.4 is 0 Å². The van der Waals surface area contributed by atoms with Gasteiger partial charge in [0.1, 0.15) is 0 Å². The van der Waals surface area contributed by atoms with Gasteiger partial charge in [-0.05, 0) is 24.7 Å². The molecule has 2 fully saturated rings. The van der Waals surface area contributed by atoms with Gasteiger partial charge in [-0.2, -0.15) is 0 Å². The summed E-state index contributed by atoms with van der Waals surface area (Å²) in [5.74, 6) is 0. The van der Waals surface area contributed by atoms with Crippen LogP contribution in [-0.2, 0) is 0 Å². The average Bonchev–Trinajstić information content (AvgIpc) is 2.09. The number of nitrogens with zero attached hydrogens (tertiary/aromatic N) is 1. The minimum atomic E-state index is 0.807. The molecule has 2 aliphatic rings. The Kier molecular flexibility index (Phi) is 1.49. The van der Waals surface area contributed by atoms with Crippen LogP contribution in [0.1, 0.15) is 25.7 Å². The van der Waals surface area contributed by atoms with Crippen LogP contribution in [0.25, 0.3) is 0 Å². The number of halogens is 1. The highest BCUT2D eigenvalue weighted by Gasteiger charge is 2.41. The summed E-state index contributed by atoms with van der Waals surface area (Å²) in [6.07, 6.45) is 5.97. The first-order chi connectivity index (χ1) is 4.31. The fourth-order valence-corrected chi connectivity index (χ4v) is 2.93. The van der Waals surface area contributed by atoms with Gasteiger partial charge in [-0.1, -0.05) is 6.42 Å². The van der Waals surface area contributed by atoms with Gasteiger partial charge in [0.25, 0.3) is 0 Å². The van der Waals surface area contributed by atoms with Crippen molar-refractivity contribution in [2.45, 2.75) is 25.7 Å². The molecule has 0 aromatic heterocycles. The molecular formula is C7H12IN. The summed E-state index contributed by atoms with van der Waals surface area (Å²) in [6.45, 7) is 2.70. The van der Waals surface area contributed by atoms with Crippen molar-refractivity contribution in [1.82, 2.24) is 3.11 Å². The minimum Gasteiger partial charge on any atom is -0.247 e. The molecule has 1 nitrogen and oxygen atoms in total. The molecule has 9 heavy (non-hydrogen) atoms. The number of rotatable bonds is 0. The summed E-state index contributed by atoms with van der Waals surface area (Å²) in [4.78, 5) is 0. The lowest BCUT2D eigenvalue weighted by Gasteiger charge is -2.37. The van der Waals surface area contributed by atoms with Crippen molar-refractivity contribution in [2.75, 3.05) is 13.1 Å². The maximum absolute atomic E-state index is 2.45. The highest BCUT2D eigenvalue weighted by Crippen LogP contribution is 2.48. The molecule has 1 saturated heterocycles. The van der Waals surface area contributed by atoms with Crippen molar-refractivity contribution >= 4 is 22.9 Å². The molecule has 1 heterocycles. The predicted octanol–water partition coefficient (Wildman–Crippen LogP) is 2.21. The molecule has 52 valence electrons. The van der Waals surface area contributed by atoms with Crippen molar-refractivity contribution < 1.29 is 0 Å². The van der Waals surface area contributed by atoms with Crippen molar-refractivity contribution in [2.24, 2.45) is 5.41 Å². The Hall–Kier alpha value is 0.690. The van der Waals surface area contributed by atoms with Gasteiger partial charge in [-0.15, -0.1) is 0 Å². The number of hydrogen-bond donors (Lipinski definition) is 0. The van der Waals surface area contributed by atoms with Crippen LogP contribution in [0.2, 0.25) is 0 Å². The molecule has 1 saturated carbocycles. The smallest absolute Gasteiger partial charge is 0.0201 e. The molecule has 0 radical (unpaired) electrons. The van der Waals surface area contributed by atoms with E-state index in [1.54, 1.807) is 0 Å². The van der Waals surface area contributed by atoms with Gasteiger partial charge in [-0.3, -0.25) is 0 Å². The maximum Gasteiger partial charge on any atom is 0.0201 e. The molecule has 0 N–H and O–H groups in total. The summed E-state index contributed by atoms with van der Waals surface area (Å²) >= 11 is 2.45. The molecule has 1 aliphatic carbocycles. The zero-order valence-electron chi connectivity index (χ0n) is 5.57. The second-order valence-electron chi connectivity index (χ2n) is 3.45. The van der Waals surface area contributed by atoms with Crippen molar-refractivity contribution in [3.05, 3.63) is 0 Å². The first-order valence-electron chi connectivity index (χ1n) is 3.72. The Morgan fingerprint density at radius 2 is 2.00 bits per heavy atom. The van der Waals surface area contributed by atoms with Crippen LogP contribution in [0.3, 0.4) is 0 Å². The van der Waals surface area contributed by atoms with Gasteiger partial charge < -0.3 is 0 Å². The fraction of sp³-hybridized carbons (Fsp3) is 1.00. The topological polar surface area (TPSA) is 3.24 Å². The zero-order chi connectivity index (χ0) is 6.32. The molecule has 0 aromatic carbocycles. The lowest BCUT2D eigenvalue weighted by molar-refractivity contribution is 0.157. The van der Waals surface area contributed by atoms with Crippen LogP contribution >= 0.6 is 22.9 Å². The highest BCUT2D eigenvalue weighted by molar-refractivity contribution is 14.1. The molecule has 0 amide bonds. The van der Waals surface area contributed by atoms with Crippen LogP contribution in [0.4, 0.5) is 0 Å². The summed E-state index contributed by atoms with van der Waals surface area (Å²) in [7, 11) is 0. The number of hydrogen-bond acceptors (Lipinski definition) is 1. The summed E-state index contributed by atoms with van der Waals surface area (Å²) in [6, 6.07) is 0. The van der Waals surface area contributed by atoms with Gasteiger partial charge in [0.15, 0.2) is 0 Å². The minimum absolute atomic E-state index is 0.807. The van der Waals surface area contributed by atoms with Crippen LogP contribution in [0, 0.1) is 5.41 Å². The van der Waals surface area contributed by atoms with Crippen molar-refractivity contribution in [3.63, 3.8) is 0 Å². The molecule has 1 aliphatic heterocycles. The molecule has 0 bridgehead atoms. The third-order valence-electron chi connectivity index (χ3n) is 2.81. The van der Waals surface area contributed by atoms with E-state index in [2.05, 4.69) is 26.0 Å². The van der Waals surface area contributed by atoms with E-state index in [-0.39, 0.29) is 0 Å². The van der Waals surface area contributed by atoms with E-state index in [1.165, 1.54) is 38.8 Å². The van der Waals surface area contributed by atoms with Crippen LogP contribution in [-0.4, -0.2) is 16.2 Å². The van der Waals surface area contributed by atoms with E-state index in [1.807, 2.05) is 0 Å². The second-order valence-corrected chi connectivity index (χ2v) is 4.81. The normalized spacial score (nSPS) is 33.0. The van der Waals surface area contributed by atoms with Gasteiger partial charge in [-0.25, -0.2) is 3.11 Å². The SMILES string of the molecule is IN1CCC2(CCC2)C1. The highest BCUT2D eigenvalue weighted by atomic mass is 127. The summed E-state index contributed by atoms with van der Waals surface area (Å²) in [5, 5.41) is 0. The molecule has 1 spiro atoms. The Bertz CT molecular complexity index is 120. The zero-order valence-corrected chi connectivity index (χ0v) is 7.73. The van der Waals surface area contributed by atoms with Crippen molar-refractivity contribution in [1.29, 1.82) is 0 Å². The van der Waals surface area contributed by atoms with E-state index >= 15 is 0 Å². The Morgan fingerprint density at radius 1 is 1.22 bits per heavy atom. The standard InChI is InChI=1S/C7H12IN/c8-9-5-4-7(6-9)2-1-3-7/h1-6H2. The quantitative estimate of drug-likeness (QED) is 0.461. The van der Waals surface area contributed by atoms with Gasteiger partial charge in [0.2, 0.25) is 0 Å². The Morgan fingerprint density at radius 3 is 2.22 bits per heavy atom. The third kappa shape index (κ3) is 1.00. The first-order valence-corrected chi connectivity index (χ1v) is 4.68. The maximum atomic E-state index is 2.45. The van der Waals surface area contributed by atoms with Crippen LogP contribution in [0.5, 0.6) is 0 Å². The predicted molar refractivity (Wildman–Crippen MR) is 46.5 cm³/mol. The lowest BCUT2D eigenvalue weighted by Crippen LogP contribution is -2.30. The molecule has 0 aromatic rings. The monoisotopic (exact) mass is 237 g/mol. The summed E-state index contributed by atoms with van der Waals surface area (Å²) in [5.41, 5.74) is 0.807. The molecule has 2 heteroatoms. The van der Waals surface area contributed by atoms with E-state index in [0.717, 1.165) is 5.41 Å². The van der Waals surface area contributed by atoms with E-state index in [4.69, 9.17) is 0 Å². The molecular weight excluding hydrogens is 225 g/mol. The van der Waals surface area contributed by atoms with Gasteiger partial charge in [0.05, 0.1) is 0 Å². The Labute approximate surface area is 70.3 Å². The third-order valence-corrected chi connectivity index (χ3v) is 3.63. The molecule has 0 unspecified atom stereocenters. The van der Waals surface area contributed by atoms with Crippen LogP contribution in [0.15, 0.2) is 0 Å². The fourth-order valence-electron chi connectivity index (χ4n) is 1.97. The van der Waals surface area contributed by atoms with Gasteiger partial charge >= 0.3 is 0 Å². The van der Waals surface area contributed by atoms with Gasteiger partial charge in [0, 0.05) is 36.0 Å². The van der Waals surface area contributed by atoms with E-state index in [0.29, 0.717) is 0 Å². The molecule has 0 atom stereocenters. The van der Waals surface area contributed by atoms with Crippen molar-refractivity contribution in [3.8, 4) is 0 Å². The van der Waals surface area contributed by atoms with E-state index in [9.17, 15) is 0 Å². The van der Waals surface area contributed by atoms with E-state index < -0.39 is 0 Å². The Balaban J connectivity index is 1.99. The first kappa shape index (κ1) is 6.40.